The van der Waals surface area contributed by atoms with Gasteiger partial charge in [0.25, 0.3) is 0 Å². The summed E-state index contributed by atoms with van der Waals surface area (Å²) in [6, 6.07) is 6.06. The smallest absolute Gasteiger partial charge is 0.224 e. The average Bonchev–Trinajstić information content (AvgIpc) is 2.32. The van der Waals surface area contributed by atoms with Crippen LogP contribution >= 0.6 is 0 Å². The zero-order valence-corrected chi connectivity index (χ0v) is 11.3. The fourth-order valence-corrected chi connectivity index (χ4v) is 1.64. The highest BCUT2D eigenvalue weighted by molar-refractivity contribution is 5.78. The third-order valence-corrected chi connectivity index (χ3v) is 2.67. The van der Waals surface area contributed by atoms with Gasteiger partial charge in [-0.3, -0.25) is 4.79 Å². The van der Waals surface area contributed by atoms with Gasteiger partial charge in [-0.25, -0.2) is 0 Å². The molecule has 4 nitrogen and oxygen atoms in total. The predicted molar refractivity (Wildman–Crippen MR) is 72.6 cm³/mol. The van der Waals surface area contributed by atoms with Crippen molar-refractivity contribution in [2.24, 2.45) is 11.7 Å². The maximum absolute atomic E-state index is 11.4. The van der Waals surface area contributed by atoms with Gasteiger partial charge >= 0.3 is 0 Å². The van der Waals surface area contributed by atoms with Crippen molar-refractivity contribution in [3.05, 3.63) is 29.3 Å². The molecule has 18 heavy (non-hydrogen) atoms. The van der Waals surface area contributed by atoms with E-state index in [0.717, 1.165) is 5.75 Å². The van der Waals surface area contributed by atoms with E-state index in [1.165, 1.54) is 11.1 Å². The number of amides is 1. The normalized spacial score (nSPS) is 12.0. The Bertz CT molecular complexity index is 385. The summed E-state index contributed by atoms with van der Waals surface area (Å²) in [5.74, 6) is 0.668. The van der Waals surface area contributed by atoms with Crippen LogP contribution in [0.5, 0.6) is 5.75 Å². The number of ether oxygens (including phenoxy) is 1. The lowest BCUT2D eigenvalue weighted by Gasteiger charge is -2.11. The zero-order valence-electron chi connectivity index (χ0n) is 11.3. The summed E-state index contributed by atoms with van der Waals surface area (Å²) in [4.78, 5) is 11.4. The number of nitrogens with two attached hydrogens (primary N) is 1. The van der Waals surface area contributed by atoms with Crippen molar-refractivity contribution >= 4 is 5.91 Å². The van der Waals surface area contributed by atoms with E-state index in [4.69, 9.17) is 10.5 Å². The zero-order chi connectivity index (χ0) is 13.5. The van der Waals surface area contributed by atoms with Crippen LogP contribution < -0.4 is 15.8 Å². The topological polar surface area (TPSA) is 64.3 Å². The summed E-state index contributed by atoms with van der Waals surface area (Å²) in [6.07, 6.45) is 0. The van der Waals surface area contributed by atoms with E-state index >= 15 is 0 Å². The molecule has 0 radical (unpaired) electrons. The van der Waals surface area contributed by atoms with Crippen molar-refractivity contribution < 1.29 is 9.53 Å². The second-order valence-corrected chi connectivity index (χ2v) is 4.60. The first-order valence-corrected chi connectivity index (χ1v) is 6.22. The van der Waals surface area contributed by atoms with E-state index in [-0.39, 0.29) is 11.8 Å². The monoisotopic (exact) mass is 250 g/mol. The first kappa shape index (κ1) is 14.5. The molecule has 1 rings (SSSR count). The van der Waals surface area contributed by atoms with Crippen molar-refractivity contribution in [1.82, 2.24) is 5.32 Å². The van der Waals surface area contributed by atoms with Crippen molar-refractivity contribution in [1.29, 1.82) is 0 Å². The fourth-order valence-electron chi connectivity index (χ4n) is 1.64. The summed E-state index contributed by atoms with van der Waals surface area (Å²) in [5.41, 5.74) is 7.75. The Morgan fingerprint density at radius 3 is 2.50 bits per heavy atom. The summed E-state index contributed by atoms with van der Waals surface area (Å²) in [7, 11) is 0. The quantitative estimate of drug-likeness (QED) is 0.750. The fraction of sp³-hybridized carbons (Fsp3) is 0.500. The minimum atomic E-state index is -0.147. The molecule has 4 heteroatoms. The SMILES string of the molecule is Cc1cc(C)cc(OCCNC(=O)C(C)CN)c1. The highest BCUT2D eigenvalue weighted by Gasteiger charge is 2.09. The predicted octanol–water partition coefficient (Wildman–Crippen LogP) is 1.39. The van der Waals surface area contributed by atoms with E-state index in [2.05, 4.69) is 11.4 Å². The Balaban J connectivity index is 2.31. The van der Waals surface area contributed by atoms with Crippen LogP contribution in [0, 0.1) is 19.8 Å². The molecule has 0 aliphatic carbocycles. The largest absolute Gasteiger partial charge is 0.492 e. The van der Waals surface area contributed by atoms with Gasteiger partial charge in [0.15, 0.2) is 0 Å². The Hall–Kier alpha value is -1.55. The molecule has 0 saturated carbocycles. The lowest BCUT2D eigenvalue weighted by Crippen LogP contribution is -2.35. The molecule has 1 aromatic rings. The van der Waals surface area contributed by atoms with Gasteiger partial charge in [0.1, 0.15) is 12.4 Å². The minimum absolute atomic E-state index is 0.0264. The molecule has 0 aliphatic rings. The number of carbonyl (C=O) groups excluding carboxylic acids is 1. The van der Waals surface area contributed by atoms with Crippen molar-refractivity contribution in [3.63, 3.8) is 0 Å². The molecule has 0 bridgehead atoms. The molecule has 0 saturated heterocycles. The average molecular weight is 250 g/mol. The van der Waals surface area contributed by atoms with Gasteiger partial charge in [-0.15, -0.1) is 0 Å². The van der Waals surface area contributed by atoms with Gasteiger partial charge in [-0.2, -0.15) is 0 Å². The minimum Gasteiger partial charge on any atom is -0.492 e. The highest BCUT2D eigenvalue weighted by atomic mass is 16.5. The molecule has 0 fully saturated rings. The first-order valence-electron chi connectivity index (χ1n) is 6.22. The van der Waals surface area contributed by atoms with E-state index in [9.17, 15) is 4.79 Å². The summed E-state index contributed by atoms with van der Waals surface area (Å²) >= 11 is 0. The molecule has 1 atom stereocenters. The molecular weight excluding hydrogens is 228 g/mol. The second-order valence-electron chi connectivity index (χ2n) is 4.60. The van der Waals surface area contributed by atoms with Gasteiger partial charge in [-0.1, -0.05) is 13.0 Å². The van der Waals surface area contributed by atoms with E-state index in [1.807, 2.05) is 26.0 Å². The number of rotatable bonds is 6. The summed E-state index contributed by atoms with van der Waals surface area (Å²) in [5, 5.41) is 2.79. The highest BCUT2D eigenvalue weighted by Crippen LogP contribution is 2.15. The first-order chi connectivity index (χ1) is 8.52. The van der Waals surface area contributed by atoms with Gasteiger partial charge in [0.2, 0.25) is 5.91 Å². The van der Waals surface area contributed by atoms with Gasteiger partial charge in [0, 0.05) is 12.5 Å². The molecule has 0 aliphatic heterocycles. The molecule has 1 unspecified atom stereocenters. The van der Waals surface area contributed by atoms with Crippen molar-refractivity contribution in [3.8, 4) is 5.75 Å². The molecule has 0 spiro atoms. The van der Waals surface area contributed by atoms with Gasteiger partial charge in [-0.05, 0) is 37.1 Å². The van der Waals surface area contributed by atoms with Crippen LogP contribution in [0.4, 0.5) is 0 Å². The Morgan fingerprint density at radius 1 is 1.33 bits per heavy atom. The van der Waals surface area contributed by atoms with Crippen LogP contribution in [0.3, 0.4) is 0 Å². The van der Waals surface area contributed by atoms with Crippen LogP contribution in [-0.4, -0.2) is 25.6 Å². The third kappa shape index (κ3) is 4.75. The number of hydrogen-bond acceptors (Lipinski definition) is 3. The van der Waals surface area contributed by atoms with Crippen LogP contribution in [0.1, 0.15) is 18.1 Å². The molecule has 1 aromatic carbocycles. The van der Waals surface area contributed by atoms with Gasteiger partial charge < -0.3 is 15.8 Å². The number of aryl methyl sites for hydroxylation is 2. The Kier molecular flexibility index (Phi) is 5.65. The van der Waals surface area contributed by atoms with Crippen molar-refractivity contribution in [2.75, 3.05) is 19.7 Å². The van der Waals surface area contributed by atoms with E-state index < -0.39 is 0 Å². The Morgan fingerprint density at radius 2 is 1.94 bits per heavy atom. The molecular formula is C14H22N2O2. The molecule has 0 aromatic heterocycles. The summed E-state index contributed by atoms with van der Waals surface area (Å²) < 4.78 is 5.59. The second kappa shape index (κ2) is 7.01. The number of carbonyl (C=O) groups is 1. The maximum atomic E-state index is 11.4. The number of hydrogen-bond donors (Lipinski definition) is 2. The summed E-state index contributed by atoms with van der Waals surface area (Å²) in [6.45, 7) is 7.20. The van der Waals surface area contributed by atoms with Crippen LogP contribution in [0.15, 0.2) is 18.2 Å². The lowest BCUT2D eigenvalue weighted by atomic mass is 10.1. The molecule has 0 heterocycles. The van der Waals surface area contributed by atoms with Crippen molar-refractivity contribution in [2.45, 2.75) is 20.8 Å². The molecule has 3 N–H and O–H groups in total. The molecule has 1 amide bonds. The van der Waals surface area contributed by atoms with E-state index in [0.29, 0.717) is 19.7 Å². The lowest BCUT2D eigenvalue weighted by molar-refractivity contribution is -0.124. The number of benzene rings is 1. The van der Waals surface area contributed by atoms with Crippen LogP contribution in [0.25, 0.3) is 0 Å². The third-order valence-electron chi connectivity index (χ3n) is 2.67. The Labute approximate surface area is 109 Å². The molecule has 100 valence electrons. The number of nitrogens with one attached hydrogen (secondary N) is 1. The standard InChI is InChI=1S/C14H22N2O2/c1-10-6-11(2)8-13(7-10)18-5-4-16-14(17)12(3)9-15/h6-8,12H,4-5,9,15H2,1-3H3,(H,16,17). The van der Waals surface area contributed by atoms with Gasteiger partial charge in [0.05, 0.1) is 6.54 Å². The van der Waals surface area contributed by atoms with Crippen LogP contribution in [-0.2, 0) is 4.79 Å². The van der Waals surface area contributed by atoms with Crippen LogP contribution in [0.2, 0.25) is 0 Å². The van der Waals surface area contributed by atoms with E-state index in [1.54, 1.807) is 6.92 Å². The maximum Gasteiger partial charge on any atom is 0.224 e.